The highest BCUT2D eigenvalue weighted by Crippen LogP contribution is 2.34. The van der Waals surface area contributed by atoms with Gasteiger partial charge in [-0.1, -0.05) is 18.2 Å². The molecule has 1 aromatic heterocycles. The van der Waals surface area contributed by atoms with Crippen molar-refractivity contribution < 1.29 is 14.3 Å². The van der Waals surface area contributed by atoms with Crippen LogP contribution in [0.3, 0.4) is 0 Å². The molecule has 114 valence electrons. The minimum atomic E-state index is -0.279. The van der Waals surface area contributed by atoms with E-state index in [-0.39, 0.29) is 12.7 Å². The van der Waals surface area contributed by atoms with Gasteiger partial charge in [-0.05, 0) is 30.3 Å². The number of carbonyl (C=O) groups is 1. The first kappa shape index (κ1) is 13.4. The molecule has 0 fully saturated rings. The number of rotatable bonds is 3. The Morgan fingerprint density at radius 3 is 2.74 bits per heavy atom. The van der Waals surface area contributed by atoms with Crippen LogP contribution in [0.2, 0.25) is 0 Å². The van der Waals surface area contributed by atoms with Crippen molar-refractivity contribution in [3.63, 3.8) is 0 Å². The Bertz CT molecular complexity index is 859. The highest BCUT2D eigenvalue weighted by atomic mass is 16.7. The van der Waals surface area contributed by atoms with Crippen LogP contribution in [0.5, 0.6) is 11.5 Å². The van der Waals surface area contributed by atoms with Gasteiger partial charge in [0.25, 0.3) is 5.91 Å². The minimum absolute atomic E-state index is 0.203. The minimum Gasteiger partial charge on any atom is -0.454 e. The molecule has 0 bridgehead atoms. The summed E-state index contributed by atoms with van der Waals surface area (Å²) in [5.41, 5.74) is 1.87. The summed E-state index contributed by atoms with van der Waals surface area (Å²) in [6.45, 7) is 0.203. The number of benzene rings is 2. The molecule has 23 heavy (non-hydrogen) atoms. The van der Waals surface area contributed by atoms with Gasteiger partial charge in [0.05, 0.1) is 5.69 Å². The summed E-state index contributed by atoms with van der Waals surface area (Å²) in [6, 6.07) is 16.6. The molecule has 1 N–H and O–H groups in total. The lowest BCUT2D eigenvalue weighted by atomic mass is 10.2. The van der Waals surface area contributed by atoms with E-state index in [1.165, 1.54) is 0 Å². The maximum absolute atomic E-state index is 12.3. The van der Waals surface area contributed by atoms with Crippen LogP contribution in [0.25, 0.3) is 5.69 Å². The van der Waals surface area contributed by atoms with Gasteiger partial charge in [-0.2, -0.15) is 5.10 Å². The van der Waals surface area contributed by atoms with Crippen LogP contribution in [0, 0.1) is 0 Å². The zero-order valence-corrected chi connectivity index (χ0v) is 12.1. The molecular weight excluding hydrogens is 294 g/mol. The molecule has 0 atom stereocenters. The average molecular weight is 307 g/mol. The fourth-order valence-corrected chi connectivity index (χ4v) is 2.34. The average Bonchev–Trinajstić information content (AvgIpc) is 3.24. The number of aromatic nitrogens is 2. The van der Waals surface area contributed by atoms with Gasteiger partial charge in [-0.15, -0.1) is 0 Å². The van der Waals surface area contributed by atoms with E-state index in [4.69, 9.17) is 9.47 Å². The van der Waals surface area contributed by atoms with E-state index >= 15 is 0 Å². The van der Waals surface area contributed by atoms with Crippen molar-refractivity contribution >= 4 is 11.6 Å². The largest absolute Gasteiger partial charge is 0.454 e. The van der Waals surface area contributed by atoms with Gasteiger partial charge in [0.15, 0.2) is 17.2 Å². The number of ether oxygens (including phenoxy) is 2. The molecule has 0 saturated carbocycles. The molecule has 2 heterocycles. The number of hydrogen-bond acceptors (Lipinski definition) is 4. The maximum atomic E-state index is 12.3. The van der Waals surface area contributed by atoms with Gasteiger partial charge in [0, 0.05) is 18.0 Å². The standard InChI is InChI=1S/C17H13N3O3/c21-17(18-12-6-7-15-16(10-12)23-11-22-15)14-8-9-20(19-14)13-4-2-1-3-5-13/h1-10H,11H2,(H,18,21). The lowest BCUT2D eigenvalue weighted by Crippen LogP contribution is -2.13. The second kappa shape index (κ2) is 5.49. The molecule has 0 unspecified atom stereocenters. The van der Waals surface area contributed by atoms with E-state index in [0.29, 0.717) is 22.9 Å². The summed E-state index contributed by atoms with van der Waals surface area (Å²) >= 11 is 0. The van der Waals surface area contributed by atoms with Crippen molar-refractivity contribution in [2.24, 2.45) is 0 Å². The summed E-state index contributed by atoms with van der Waals surface area (Å²) < 4.78 is 12.2. The third kappa shape index (κ3) is 2.62. The van der Waals surface area contributed by atoms with E-state index in [1.807, 2.05) is 30.3 Å². The van der Waals surface area contributed by atoms with Gasteiger partial charge in [0.2, 0.25) is 6.79 Å². The van der Waals surface area contributed by atoms with E-state index in [9.17, 15) is 4.79 Å². The number of nitrogens with zero attached hydrogens (tertiary/aromatic N) is 2. The second-order valence-electron chi connectivity index (χ2n) is 5.00. The predicted molar refractivity (Wildman–Crippen MR) is 84.1 cm³/mol. The third-order valence-electron chi connectivity index (χ3n) is 3.47. The first-order valence-electron chi connectivity index (χ1n) is 7.12. The molecule has 3 aromatic rings. The smallest absolute Gasteiger partial charge is 0.276 e. The van der Waals surface area contributed by atoms with Crippen LogP contribution in [0.15, 0.2) is 60.8 Å². The van der Waals surface area contributed by atoms with Crippen molar-refractivity contribution in [1.82, 2.24) is 9.78 Å². The first-order valence-corrected chi connectivity index (χ1v) is 7.12. The predicted octanol–water partition coefficient (Wildman–Crippen LogP) is 2.85. The molecule has 6 nitrogen and oxygen atoms in total. The van der Waals surface area contributed by atoms with E-state index in [2.05, 4.69) is 10.4 Å². The Labute approximate surface area is 132 Å². The van der Waals surface area contributed by atoms with Crippen LogP contribution in [0.1, 0.15) is 10.5 Å². The maximum Gasteiger partial charge on any atom is 0.276 e. The number of nitrogens with one attached hydrogen (secondary N) is 1. The molecule has 4 rings (SSSR count). The SMILES string of the molecule is O=C(Nc1ccc2c(c1)OCO2)c1ccn(-c2ccccc2)n1. The van der Waals surface area contributed by atoms with Gasteiger partial charge >= 0.3 is 0 Å². The molecule has 1 aliphatic rings. The van der Waals surface area contributed by atoms with Crippen molar-refractivity contribution in [2.75, 3.05) is 12.1 Å². The number of para-hydroxylation sites is 1. The van der Waals surface area contributed by atoms with E-state index in [1.54, 1.807) is 35.1 Å². The summed E-state index contributed by atoms with van der Waals surface area (Å²) in [4.78, 5) is 12.3. The molecule has 0 radical (unpaired) electrons. The van der Waals surface area contributed by atoms with Crippen molar-refractivity contribution in [2.45, 2.75) is 0 Å². The Morgan fingerprint density at radius 1 is 1.04 bits per heavy atom. The third-order valence-corrected chi connectivity index (χ3v) is 3.47. The monoisotopic (exact) mass is 307 g/mol. The van der Waals surface area contributed by atoms with Gasteiger partial charge < -0.3 is 14.8 Å². The van der Waals surface area contributed by atoms with Crippen LogP contribution < -0.4 is 14.8 Å². The number of hydrogen-bond donors (Lipinski definition) is 1. The van der Waals surface area contributed by atoms with Crippen LogP contribution in [-0.2, 0) is 0 Å². The first-order chi connectivity index (χ1) is 11.3. The fraction of sp³-hybridized carbons (Fsp3) is 0.0588. The number of fused-ring (bicyclic) bond motifs is 1. The molecule has 2 aromatic carbocycles. The quantitative estimate of drug-likeness (QED) is 0.808. The van der Waals surface area contributed by atoms with E-state index < -0.39 is 0 Å². The van der Waals surface area contributed by atoms with E-state index in [0.717, 1.165) is 5.69 Å². The van der Waals surface area contributed by atoms with Gasteiger partial charge in [-0.3, -0.25) is 4.79 Å². The summed E-state index contributed by atoms with van der Waals surface area (Å²) in [7, 11) is 0. The van der Waals surface area contributed by atoms with Crippen LogP contribution in [0.4, 0.5) is 5.69 Å². The highest BCUT2D eigenvalue weighted by Gasteiger charge is 2.15. The van der Waals surface area contributed by atoms with Gasteiger partial charge in [0.1, 0.15) is 0 Å². The summed E-state index contributed by atoms with van der Waals surface area (Å²) in [5, 5.41) is 7.10. The zero-order valence-electron chi connectivity index (χ0n) is 12.1. The number of anilines is 1. The lowest BCUT2D eigenvalue weighted by molar-refractivity contribution is 0.102. The van der Waals surface area contributed by atoms with Crippen molar-refractivity contribution in [1.29, 1.82) is 0 Å². The molecule has 0 saturated heterocycles. The van der Waals surface area contributed by atoms with Crippen molar-refractivity contribution in [3.8, 4) is 17.2 Å². The van der Waals surface area contributed by atoms with Gasteiger partial charge in [-0.25, -0.2) is 4.68 Å². The highest BCUT2D eigenvalue weighted by molar-refractivity contribution is 6.03. The number of carbonyl (C=O) groups excluding carboxylic acids is 1. The Kier molecular flexibility index (Phi) is 3.20. The zero-order chi connectivity index (χ0) is 15.6. The summed E-state index contributed by atoms with van der Waals surface area (Å²) in [6.07, 6.45) is 1.75. The topological polar surface area (TPSA) is 65.4 Å². The lowest BCUT2D eigenvalue weighted by Gasteiger charge is -2.04. The Hall–Kier alpha value is -3.28. The van der Waals surface area contributed by atoms with Crippen LogP contribution in [-0.4, -0.2) is 22.5 Å². The molecule has 6 heteroatoms. The number of amides is 1. The second-order valence-corrected chi connectivity index (χ2v) is 5.00. The molecule has 0 spiro atoms. The summed E-state index contributed by atoms with van der Waals surface area (Å²) in [5.74, 6) is 1.02. The van der Waals surface area contributed by atoms with Crippen LogP contribution >= 0.6 is 0 Å². The van der Waals surface area contributed by atoms with Crippen molar-refractivity contribution in [3.05, 3.63) is 66.5 Å². The molecular formula is C17H13N3O3. The normalized spacial score (nSPS) is 12.2. The Balaban J connectivity index is 1.52. The fourth-order valence-electron chi connectivity index (χ4n) is 2.34. The molecule has 1 amide bonds. The molecule has 0 aliphatic carbocycles. The molecule has 1 aliphatic heterocycles. The Morgan fingerprint density at radius 2 is 1.87 bits per heavy atom.